The number of benzene rings is 1. The maximum absolute atomic E-state index is 12.2. The third kappa shape index (κ3) is 3.37. The van der Waals surface area contributed by atoms with Gasteiger partial charge < -0.3 is 5.32 Å². The van der Waals surface area contributed by atoms with Gasteiger partial charge in [0.15, 0.2) is 0 Å². The number of carbonyl (C=O) groups excluding carboxylic acids is 1. The van der Waals surface area contributed by atoms with Gasteiger partial charge in [0.2, 0.25) is 15.9 Å². The minimum atomic E-state index is -3.29. The van der Waals surface area contributed by atoms with Gasteiger partial charge in [0.25, 0.3) is 0 Å². The molecule has 2 atom stereocenters. The lowest BCUT2D eigenvalue weighted by atomic mass is 10.0. The predicted molar refractivity (Wildman–Crippen MR) is 82.6 cm³/mol. The number of rotatable bonds is 4. The van der Waals surface area contributed by atoms with Crippen molar-refractivity contribution in [2.45, 2.75) is 26.2 Å². The van der Waals surface area contributed by atoms with Crippen molar-refractivity contribution in [1.29, 1.82) is 0 Å². The summed E-state index contributed by atoms with van der Waals surface area (Å²) in [6, 6.07) is 5.20. The van der Waals surface area contributed by atoms with Crippen LogP contribution in [0, 0.1) is 24.7 Å². The fourth-order valence-corrected chi connectivity index (χ4v) is 3.86. The Morgan fingerprint density at radius 1 is 1.19 bits per heavy atom. The van der Waals surface area contributed by atoms with Crippen molar-refractivity contribution in [3.05, 3.63) is 23.8 Å². The van der Waals surface area contributed by atoms with E-state index in [-0.39, 0.29) is 11.8 Å². The first-order valence-electron chi connectivity index (χ1n) is 7.21. The Labute approximate surface area is 125 Å². The van der Waals surface area contributed by atoms with Gasteiger partial charge in [0, 0.05) is 11.6 Å². The summed E-state index contributed by atoms with van der Waals surface area (Å²) in [5.74, 6) is 1.79. The van der Waals surface area contributed by atoms with Gasteiger partial charge in [-0.2, -0.15) is 0 Å². The summed E-state index contributed by atoms with van der Waals surface area (Å²) in [5.41, 5.74) is 2.04. The normalized spacial score (nSPS) is 27.0. The summed E-state index contributed by atoms with van der Waals surface area (Å²) in [6.07, 6.45) is 4.45. The second kappa shape index (κ2) is 5.02. The average Bonchev–Trinajstić information content (AvgIpc) is 2.98. The quantitative estimate of drug-likeness (QED) is 0.896. The van der Waals surface area contributed by atoms with Crippen molar-refractivity contribution in [1.82, 2.24) is 0 Å². The van der Waals surface area contributed by atoms with Gasteiger partial charge in [-0.05, 0) is 61.8 Å². The molecule has 0 aliphatic heterocycles. The lowest BCUT2D eigenvalue weighted by Crippen LogP contribution is -2.21. The summed E-state index contributed by atoms with van der Waals surface area (Å²) >= 11 is 0. The number of nitrogens with one attached hydrogen (secondary N) is 2. The van der Waals surface area contributed by atoms with E-state index < -0.39 is 10.0 Å². The Morgan fingerprint density at radius 2 is 1.86 bits per heavy atom. The fourth-order valence-electron chi connectivity index (χ4n) is 3.23. The number of aryl methyl sites for hydroxylation is 1. The van der Waals surface area contributed by atoms with Gasteiger partial charge in [-0.15, -0.1) is 0 Å². The zero-order chi connectivity index (χ0) is 15.2. The number of hydrogen-bond acceptors (Lipinski definition) is 3. The van der Waals surface area contributed by atoms with E-state index in [1.807, 2.05) is 6.92 Å². The number of carbonyl (C=O) groups is 1. The Kier molecular flexibility index (Phi) is 3.43. The van der Waals surface area contributed by atoms with Crippen LogP contribution >= 0.6 is 0 Å². The van der Waals surface area contributed by atoms with Crippen LogP contribution < -0.4 is 10.0 Å². The van der Waals surface area contributed by atoms with Gasteiger partial charge in [-0.25, -0.2) is 8.42 Å². The first-order chi connectivity index (χ1) is 9.82. The van der Waals surface area contributed by atoms with E-state index in [1.165, 1.54) is 6.42 Å². The Morgan fingerprint density at radius 3 is 2.43 bits per heavy atom. The molecule has 0 saturated heterocycles. The van der Waals surface area contributed by atoms with Crippen molar-refractivity contribution >= 4 is 27.3 Å². The van der Waals surface area contributed by atoms with E-state index in [1.54, 1.807) is 18.2 Å². The molecule has 1 amide bonds. The van der Waals surface area contributed by atoms with E-state index in [4.69, 9.17) is 0 Å². The van der Waals surface area contributed by atoms with Gasteiger partial charge in [0.1, 0.15) is 0 Å². The van der Waals surface area contributed by atoms with Crippen molar-refractivity contribution in [3.8, 4) is 0 Å². The van der Waals surface area contributed by atoms with Crippen LogP contribution in [0.3, 0.4) is 0 Å². The maximum Gasteiger partial charge on any atom is 0.229 e. The molecule has 1 aromatic carbocycles. The molecule has 2 aliphatic rings. The van der Waals surface area contributed by atoms with E-state index in [0.717, 1.165) is 42.2 Å². The van der Waals surface area contributed by atoms with E-state index in [2.05, 4.69) is 10.0 Å². The molecular weight excluding hydrogens is 288 g/mol. The summed E-state index contributed by atoms with van der Waals surface area (Å²) in [5, 5.41) is 2.94. The lowest BCUT2D eigenvalue weighted by molar-refractivity contribution is -0.120. The van der Waals surface area contributed by atoms with Gasteiger partial charge in [-0.3, -0.25) is 9.52 Å². The van der Waals surface area contributed by atoms with E-state index in [0.29, 0.717) is 5.69 Å². The van der Waals surface area contributed by atoms with Gasteiger partial charge >= 0.3 is 0 Å². The molecule has 3 rings (SSSR count). The predicted octanol–water partition coefficient (Wildman–Crippen LogP) is 2.35. The van der Waals surface area contributed by atoms with Crippen molar-refractivity contribution in [2.75, 3.05) is 16.3 Å². The third-order valence-corrected chi connectivity index (χ3v) is 4.99. The minimum absolute atomic E-state index is 0.0884. The topological polar surface area (TPSA) is 75.3 Å². The molecule has 0 heterocycles. The smallest absolute Gasteiger partial charge is 0.229 e. The van der Waals surface area contributed by atoms with Crippen molar-refractivity contribution in [2.24, 2.45) is 17.8 Å². The summed E-state index contributed by atoms with van der Waals surface area (Å²) < 4.78 is 24.9. The third-order valence-electron chi connectivity index (χ3n) is 4.40. The van der Waals surface area contributed by atoms with E-state index in [9.17, 15) is 13.2 Å². The lowest BCUT2D eigenvalue weighted by Gasteiger charge is -2.14. The molecule has 2 saturated carbocycles. The zero-order valence-corrected chi connectivity index (χ0v) is 13.0. The molecule has 1 aromatic rings. The monoisotopic (exact) mass is 308 g/mol. The fraction of sp³-hybridized carbons (Fsp3) is 0.533. The van der Waals surface area contributed by atoms with Crippen LogP contribution in [0.1, 0.15) is 24.8 Å². The second-order valence-electron chi connectivity index (χ2n) is 6.32. The molecule has 2 unspecified atom stereocenters. The number of anilines is 2. The van der Waals surface area contributed by atoms with Crippen LogP contribution in [0.5, 0.6) is 0 Å². The molecule has 5 nitrogen and oxygen atoms in total. The first-order valence-corrected chi connectivity index (χ1v) is 9.10. The molecule has 0 spiro atoms. The largest absolute Gasteiger partial charge is 0.326 e. The van der Waals surface area contributed by atoms with Gasteiger partial charge in [0.05, 0.1) is 11.9 Å². The number of fused-ring (bicyclic) bond motifs is 1. The summed E-state index contributed by atoms with van der Waals surface area (Å²) in [6.45, 7) is 1.81. The highest BCUT2D eigenvalue weighted by Gasteiger charge is 2.47. The van der Waals surface area contributed by atoms with Crippen LogP contribution in [-0.2, 0) is 14.8 Å². The van der Waals surface area contributed by atoms with Gasteiger partial charge in [-0.1, -0.05) is 0 Å². The molecule has 0 radical (unpaired) electrons. The standard InChI is InChI=1S/C15H20N2O3S/c1-9-5-13(3-4-14(9)17-21(2,19)20)16-15(18)12-7-10-6-11(10)8-12/h3-5,10-12,17H,6-8H2,1-2H3,(H,16,18). The molecule has 0 bridgehead atoms. The summed E-state index contributed by atoms with van der Waals surface area (Å²) in [4.78, 5) is 12.2. The van der Waals surface area contributed by atoms with Crippen LogP contribution in [0.4, 0.5) is 11.4 Å². The molecular formula is C15H20N2O3S. The van der Waals surface area contributed by atoms with Crippen LogP contribution in [0.15, 0.2) is 18.2 Å². The molecule has 2 N–H and O–H groups in total. The Balaban J connectivity index is 1.66. The first kappa shape index (κ1) is 14.4. The highest BCUT2D eigenvalue weighted by Crippen LogP contribution is 2.54. The van der Waals surface area contributed by atoms with Crippen LogP contribution in [0.2, 0.25) is 0 Å². The average molecular weight is 308 g/mol. The Hall–Kier alpha value is -1.56. The molecule has 2 fully saturated rings. The highest BCUT2D eigenvalue weighted by molar-refractivity contribution is 7.92. The number of amides is 1. The zero-order valence-electron chi connectivity index (χ0n) is 12.2. The number of hydrogen-bond donors (Lipinski definition) is 2. The highest BCUT2D eigenvalue weighted by atomic mass is 32.2. The maximum atomic E-state index is 12.2. The Bertz CT molecular complexity index is 674. The van der Waals surface area contributed by atoms with Crippen LogP contribution in [0.25, 0.3) is 0 Å². The minimum Gasteiger partial charge on any atom is -0.326 e. The molecule has 2 aliphatic carbocycles. The van der Waals surface area contributed by atoms with Crippen molar-refractivity contribution < 1.29 is 13.2 Å². The van der Waals surface area contributed by atoms with Crippen LogP contribution in [-0.4, -0.2) is 20.6 Å². The molecule has 6 heteroatoms. The molecule has 0 aromatic heterocycles. The number of sulfonamides is 1. The van der Waals surface area contributed by atoms with E-state index >= 15 is 0 Å². The SMILES string of the molecule is Cc1cc(NC(=O)C2CC3CC3C2)ccc1NS(C)(=O)=O. The molecule has 21 heavy (non-hydrogen) atoms. The molecule has 114 valence electrons. The second-order valence-corrected chi connectivity index (χ2v) is 8.07. The summed E-state index contributed by atoms with van der Waals surface area (Å²) in [7, 11) is -3.29. The van der Waals surface area contributed by atoms with Crippen molar-refractivity contribution in [3.63, 3.8) is 0 Å².